The van der Waals surface area contributed by atoms with E-state index in [1.165, 1.54) is 12.8 Å². The third-order valence-electron chi connectivity index (χ3n) is 3.09. The summed E-state index contributed by atoms with van der Waals surface area (Å²) in [4.78, 5) is 11.5. The fourth-order valence-electron chi connectivity index (χ4n) is 2.04. The zero-order valence-electron chi connectivity index (χ0n) is 10.7. The Morgan fingerprint density at radius 2 is 2.12 bits per heavy atom. The molecule has 0 atom stereocenters. The maximum Gasteiger partial charge on any atom is 0.220 e. The van der Waals surface area contributed by atoms with Crippen molar-refractivity contribution in [3.8, 4) is 0 Å². The van der Waals surface area contributed by atoms with Gasteiger partial charge in [0.15, 0.2) is 0 Å². The van der Waals surface area contributed by atoms with Crippen LogP contribution in [-0.4, -0.2) is 39.3 Å². The summed E-state index contributed by atoms with van der Waals surface area (Å²) in [5, 5.41) is 6.26. The molecule has 0 radical (unpaired) electrons. The average Bonchev–Trinajstić information content (AvgIpc) is 2.33. The predicted molar refractivity (Wildman–Crippen MR) is 71.6 cm³/mol. The lowest BCUT2D eigenvalue weighted by atomic mass is 9.93. The lowest BCUT2D eigenvalue weighted by molar-refractivity contribution is -0.121. The summed E-state index contributed by atoms with van der Waals surface area (Å²) in [6.07, 6.45) is 5.05. The molecule has 0 aromatic carbocycles. The molecule has 1 saturated heterocycles. The van der Waals surface area contributed by atoms with Crippen molar-refractivity contribution in [3.05, 3.63) is 0 Å². The van der Waals surface area contributed by atoms with E-state index in [2.05, 4.69) is 10.6 Å². The number of piperidine rings is 1. The fourth-order valence-corrected chi connectivity index (χ4v) is 2.04. The molecule has 0 saturated carbocycles. The van der Waals surface area contributed by atoms with E-state index in [9.17, 15) is 4.79 Å². The molecule has 17 heavy (non-hydrogen) atoms. The van der Waals surface area contributed by atoms with Gasteiger partial charge < -0.3 is 15.4 Å². The number of nitrogens with one attached hydrogen (secondary N) is 2. The molecule has 1 aliphatic heterocycles. The Kier molecular flexibility index (Phi) is 10.6. The van der Waals surface area contributed by atoms with Gasteiger partial charge in [0.05, 0.1) is 0 Å². The minimum atomic E-state index is 0. The lowest BCUT2D eigenvalue weighted by Crippen LogP contribution is -2.29. The number of hydrogen-bond acceptors (Lipinski definition) is 3. The van der Waals surface area contributed by atoms with Crippen LogP contribution in [0.3, 0.4) is 0 Å². The molecule has 1 fully saturated rings. The van der Waals surface area contributed by atoms with Crippen LogP contribution < -0.4 is 10.6 Å². The third-order valence-corrected chi connectivity index (χ3v) is 3.09. The first-order valence-corrected chi connectivity index (χ1v) is 6.29. The largest absolute Gasteiger partial charge is 0.385 e. The second-order valence-electron chi connectivity index (χ2n) is 4.43. The summed E-state index contributed by atoms with van der Waals surface area (Å²) >= 11 is 0. The van der Waals surface area contributed by atoms with Gasteiger partial charge in [0.1, 0.15) is 0 Å². The molecule has 102 valence electrons. The van der Waals surface area contributed by atoms with E-state index in [1.54, 1.807) is 7.11 Å². The van der Waals surface area contributed by atoms with Gasteiger partial charge in [-0.2, -0.15) is 0 Å². The highest BCUT2D eigenvalue weighted by Gasteiger charge is 2.13. The molecule has 0 unspecified atom stereocenters. The van der Waals surface area contributed by atoms with Crippen LogP contribution in [0.4, 0.5) is 0 Å². The Hall–Kier alpha value is -0.320. The van der Waals surface area contributed by atoms with Gasteiger partial charge in [0.2, 0.25) is 5.91 Å². The zero-order chi connectivity index (χ0) is 11.6. The molecule has 0 bridgehead atoms. The van der Waals surface area contributed by atoms with Gasteiger partial charge in [-0.3, -0.25) is 4.79 Å². The van der Waals surface area contributed by atoms with Crippen LogP contribution in [0, 0.1) is 5.92 Å². The minimum absolute atomic E-state index is 0. The maximum atomic E-state index is 11.5. The molecule has 0 aromatic rings. The van der Waals surface area contributed by atoms with Crippen molar-refractivity contribution in [1.82, 2.24) is 10.6 Å². The van der Waals surface area contributed by atoms with Crippen molar-refractivity contribution in [2.24, 2.45) is 5.92 Å². The summed E-state index contributed by atoms with van der Waals surface area (Å²) in [7, 11) is 1.68. The lowest BCUT2D eigenvalue weighted by Gasteiger charge is -2.22. The van der Waals surface area contributed by atoms with E-state index in [0.717, 1.165) is 38.4 Å². The van der Waals surface area contributed by atoms with Crippen LogP contribution in [0.1, 0.15) is 32.1 Å². The Morgan fingerprint density at radius 1 is 1.41 bits per heavy atom. The molecule has 1 heterocycles. The maximum absolute atomic E-state index is 11.5. The topological polar surface area (TPSA) is 50.4 Å². The summed E-state index contributed by atoms with van der Waals surface area (Å²) in [5.74, 6) is 0.931. The molecule has 4 nitrogen and oxygen atoms in total. The second kappa shape index (κ2) is 10.8. The molecule has 0 aliphatic carbocycles. The first-order valence-electron chi connectivity index (χ1n) is 6.29. The monoisotopic (exact) mass is 264 g/mol. The van der Waals surface area contributed by atoms with Gasteiger partial charge >= 0.3 is 0 Å². The van der Waals surface area contributed by atoms with Gasteiger partial charge in [-0.15, -0.1) is 12.4 Å². The highest BCUT2D eigenvalue weighted by molar-refractivity contribution is 5.85. The molecule has 1 aliphatic rings. The first kappa shape index (κ1) is 16.7. The number of methoxy groups -OCH3 is 1. The Labute approximate surface area is 110 Å². The van der Waals surface area contributed by atoms with Crippen molar-refractivity contribution in [3.63, 3.8) is 0 Å². The molecule has 5 heteroatoms. The Balaban J connectivity index is 0.00000256. The van der Waals surface area contributed by atoms with Gasteiger partial charge in [-0.1, -0.05) is 0 Å². The number of carbonyl (C=O) groups is 1. The standard InChI is InChI=1S/C12H24N2O2.ClH/c1-16-10-2-7-14-12(15)4-3-11-5-8-13-9-6-11;/h11,13H,2-10H2,1H3,(H,14,15);1H. The van der Waals surface area contributed by atoms with Crippen LogP contribution in [0.5, 0.6) is 0 Å². The van der Waals surface area contributed by atoms with E-state index < -0.39 is 0 Å². The Bertz CT molecular complexity index is 197. The van der Waals surface area contributed by atoms with E-state index in [4.69, 9.17) is 4.74 Å². The van der Waals surface area contributed by atoms with Crippen LogP contribution in [0.2, 0.25) is 0 Å². The van der Waals surface area contributed by atoms with Crippen molar-refractivity contribution >= 4 is 18.3 Å². The summed E-state index contributed by atoms with van der Waals surface area (Å²) in [5.41, 5.74) is 0. The first-order chi connectivity index (χ1) is 7.83. The highest BCUT2D eigenvalue weighted by Crippen LogP contribution is 2.17. The molecule has 0 aromatic heterocycles. The van der Waals surface area contributed by atoms with Crippen LogP contribution in [-0.2, 0) is 9.53 Å². The normalized spacial score (nSPS) is 16.3. The highest BCUT2D eigenvalue weighted by atomic mass is 35.5. The molecule has 1 rings (SSSR count). The van der Waals surface area contributed by atoms with Gasteiger partial charge in [-0.25, -0.2) is 0 Å². The zero-order valence-corrected chi connectivity index (χ0v) is 11.5. The summed E-state index contributed by atoms with van der Waals surface area (Å²) in [6.45, 7) is 3.67. The summed E-state index contributed by atoms with van der Waals surface area (Å²) < 4.78 is 4.92. The van der Waals surface area contributed by atoms with Gasteiger partial charge in [0.25, 0.3) is 0 Å². The third kappa shape index (κ3) is 8.41. The number of halogens is 1. The number of hydrogen-bond donors (Lipinski definition) is 2. The number of carbonyl (C=O) groups excluding carboxylic acids is 1. The van der Waals surface area contributed by atoms with Crippen molar-refractivity contribution < 1.29 is 9.53 Å². The summed E-state index contributed by atoms with van der Waals surface area (Å²) in [6, 6.07) is 0. The molecule has 2 N–H and O–H groups in total. The molecular weight excluding hydrogens is 240 g/mol. The molecule has 1 amide bonds. The number of ether oxygens (including phenoxy) is 1. The van der Waals surface area contributed by atoms with Crippen LogP contribution >= 0.6 is 12.4 Å². The number of amides is 1. The van der Waals surface area contributed by atoms with Crippen molar-refractivity contribution in [2.75, 3.05) is 33.4 Å². The minimum Gasteiger partial charge on any atom is -0.385 e. The fraction of sp³-hybridized carbons (Fsp3) is 0.917. The van der Waals surface area contributed by atoms with E-state index in [1.807, 2.05) is 0 Å². The number of rotatable bonds is 7. The van der Waals surface area contributed by atoms with Crippen molar-refractivity contribution in [1.29, 1.82) is 0 Å². The quantitative estimate of drug-likeness (QED) is 0.683. The van der Waals surface area contributed by atoms with Crippen LogP contribution in [0.25, 0.3) is 0 Å². The van der Waals surface area contributed by atoms with Gasteiger partial charge in [-0.05, 0) is 44.7 Å². The average molecular weight is 265 g/mol. The smallest absolute Gasteiger partial charge is 0.220 e. The van der Waals surface area contributed by atoms with E-state index >= 15 is 0 Å². The predicted octanol–water partition coefficient (Wildman–Crippen LogP) is 1.34. The van der Waals surface area contributed by atoms with Crippen LogP contribution in [0.15, 0.2) is 0 Å². The van der Waals surface area contributed by atoms with Gasteiger partial charge in [0, 0.05) is 26.7 Å². The van der Waals surface area contributed by atoms with E-state index in [-0.39, 0.29) is 18.3 Å². The second-order valence-corrected chi connectivity index (χ2v) is 4.43. The molecular formula is C12H25ClN2O2. The Morgan fingerprint density at radius 3 is 2.76 bits per heavy atom. The van der Waals surface area contributed by atoms with Crippen molar-refractivity contribution in [2.45, 2.75) is 32.1 Å². The molecule has 0 spiro atoms. The SMILES string of the molecule is COCCCNC(=O)CCC1CCNCC1.Cl. The van der Waals surface area contributed by atoms with E-state index in [0.29, 0.717) is 13.0 Å².